The van der Waals surface area contributed by atoms with E-state index in [1.54, 1.807) is 0 Å². The van der Waals surface area contributed by atoms with Gasteiger partial charge in [-0.25, -0.2) is 0 Å². The molecular formula is C16H27NO. The van der Waals surface area contributed by atoms with E-state index in [1.807, 2.05) is 6.07 Å². The van der Waals surface area contributed by atoms with Crippen molar-refractivity contribution in [2.75, 3.05) is 19.7 Å². The van der Waals surface area contributed by atoms with Crippen molar-refractivity contribution in [1.29, 1.82) is 0 Å². The van der Waals surface area contributed by atoms with Crippen LogP contribution in [0.5, 0.6) is 0 Å². The highest BCUT2D eigenvalue weighted by Gasteiger charge is 2.02. The molecule has 0 radical (unpaired) electrons. The molecule has 0 spiro atoms. The van der Waals surface area contributed by atoms with Crippen LogP contribution in [0.2, 0.25) is 0 Å². The summed E-state index contributed by atoms with van der Waals surface area (Å²) in [6, 6.07) is 10.5. The van der Waals surface area contributed by atoms with Gasteiger partial charge >= 0.3 is 0 Å². The summed E-state index contributed by atoms with van der Waals surface area (Å²) in [5.41, 5.74) is 1.35. The molecule has 0 aromatic heterocycles. The summed E-state index contributed by atoms with van der Waals surface area (Å²) in [7, 11) is 0. The Bertz CT molecular complexity index is 297. The van der Waals surface area contributed by atoms with Crippen molar-refractivity contribution >= 4 is 0 Å². The monoisotopic (exact) mass is 249 g/mol. The van der Waals surface area contributed by atoms with E-state index in [1.165, 1.54) is 5.56 Å². The number of benzene rings is 1. The second kappa shape index (κ2) is 9.12. The SMILES string of the molecule is CC(C)CNCCC(C)OCCc1ccccc1. The van der Waals surface area contributed by atoms with Gasteiger partial charge in [-0.1, -0.05) is 44.2 Å². The number of ether oxygens (including phenoxy) is 1. The van der Waals surface area contributed by atoms with Crippen LogP contribution in [0.1, 0.15) is 32.8 Å². The van der Waals surface area contributed by atoms with Gasteiger partial charge in [-0.15, -0.1) is 0 Å². The van der Waals surface area contributed by atoms with E-state index in [0.29, 0.717) is 6.10 Å². The standard InChI is InChI=1S/C16H27NO/c1-14(2)13-17-11-9-15(3)18-12-10-16-7-5-4-6-8-16/h4-8,14-15,17H,9-13H2,1-3H3. The van der Waals surface area contributed by atoms with Crippen molar-refractivity contribution in [3.8, 4) is 0 Å². The molecule has 102 valence electrons. The smallest absolute Gasteiger partial charge is 0.0559 e. The van der Waals surface area contributed by atoms with Gasteiger partial charge in [0.15, 0.2) is 0 Å². The second-order valence-electron chi connectivity index (χ2n) is 5.30. The van der Waals surface area contributed by atoms with Gasteiger partial charge in [0, 0.05) is 0 Å². The molecule has 0 bridgehead atoms. The second-order valence-corrected chi connectivity index (χ2v) is 5.30. The van der Waals surface area contributed by atoms with Crippen molar-refractivity contribution in [2.45, 2.75) is 39.7 Å². The Morgan fingerprint density at radius 2 is 1.83 bits per heavy atom. The zero-order chi connectivity index (χ0) is 13.2. The summed E-state index contributed by atoms with van der Waals surface area (Å²) in [6.07, 6.45) is 2.43. The normalized spacial score (nSPS) is 12.9. The zero-order valence-corrected chi connectivity index (χ0v) is 12.0. The molecule has 1 aromatic carbocycles. The highest BCUT2D eigenvalue weighted by atomic mass is 16.5. The quantitative estimate of drug-likeness (QED) is 0.678. The lowest BCUT2D eigenvalue weighted by atomic mass is 10.2. The highest BCUT2D eigenvalue weighted by molar-refractivity contribution is 5.14. The van der Waals surface area contributed by atoms with Gasteiger partial charge in [-0.2, -0.15) is 0 Å². The van der Waals surface area contributed by atoms with Crippen molar-refractivity contribution in [1.82, 2.24) is 5.32 Å². The third-order valence-electron chi connectivity index (χ3n) is 2.92. The lowest BCUT2D eigenvalue weighted by Gasteiger charge is -2.14. The molecule has 0 aliphatic heterocycles. The topological polar surface area (TPSA) is 21.3 Å². The summed E-state index contributed by atoms with van der Waals surface area (Å²) in [5.74, 6) is 0.722. The highest BCUT2D eigenvalue weighted by Crippen LogP contribution is 2.02. The fourth-order valence-electron chi connectivity index (χ4n) is 1.80. The number of rotatable bonds is 9. The van der Waals surface area contributed by atoms with Crippen molar-refractivity contribution < 1.29 is 4.74 Å². The molecule has 1 N–H and O–H groups in total. The van der Waals surface area contributed by atoms with Crippen LogP contribution in [0.3, 0.4) is 0 Å². The van der Waals surface area contributed by atoms with E-state index in [2.05, 4.69) is 50.4 Å². The fraction of sp³-hybridized carbons (Fsp3) is 0.625. The molecule has 0 saturated carbocycles. The van der Waals surface area contributed by atoms with E-state index in [0.717, 1.165) is 38.5 Å². The predicted molar refractivity (Wildman–Crippen MR) is 77.9 cm³/mol. The maximum atomic E-state index is 5.81. The first kappa shape index (κ1) is 15.2. The van der Waals surface area contributed by atoms with Crippen LogP contribution >= 0.6 is 0 Å². The third kappa shape index (κ3) is 7.46. The minimum Gasteiger partial charge on any atom is -0.378 e. The molecule has 18 heavy (non-hydrogen) atoms. The molecule has 0 heterocycles. The Morgan fingerprint density at radius 1 is 1.11 bits per heavy atom. The van der Waals surface area contributed by atoms with E-state index >= 15 is 0 Å². The van der Waals surface area contributed by atoms with Crippen LogP contribution in [0.25, 0.3) is 0 Å². The molecular weight excluding hydrogens is 222 g/mol. The summed E-state index contributed by atoms with van der Waals surface area (Å²) in [4.78, 5) is 0. The molecule has 0 amide bonds. The van der Waals surface area contributed by atoms with Crippen LogP contribution in [0.15, 0.2) is 30.3 Å². The van der Waals surface area contributed by atoms with E-state index < -0.39 is 0 Å². The molecule has 0 fully saturated rings. The lowest BCUT2D eigenvalue weighted by Crippen LogP contribution is -2.24. The Hall–Kier alpha value is -0.860. The van der Waals surface area contributed by atoms with E-state index in [4.69, 9.17) is 4.74 Å². The van der Waals surface area contributed by atoms with Crippen LogP contribution < -0.4 is 5.32 Å². The minimum absolute atomic E-state index is 0.341. The van der Waals surface area contributed by atoms with Gasteiger partial charge in [0.25, 0.3) is 0 Å². The first-order valence-electron chi connectivity index (χ1n) is 7.04. The molecule has 0 aliphatic carbocycles. The number of hydrogen-bond acceptors (Lipinski definition) is 2. The van der Waals surface area contributed by atoms with Crippen molar-refractivity contribution in [2.24, 2.45) is 5.92 Å². The molecule has 2 nitrogen and oxygen atoms in total. The molecule has 1 unspecified atom stereocenters. The lowest BCUT2D eigenvalue weighted by molar-refractivity contribution is 0.0626. The largest absolute Gasteiger partial charge is 0.378 e. The summed E-state index contributed by atoms with van der Waals surface area (Å²) >= 11 is 0. The van der Waals surface area contributed by atoms with Crippen LogP contribution in [-0.4, -0.2) is 25.8 Å². The third-order valence-corrected chi connectivity index (χ3v) is 2.92. The Kier molecular flexibility index (Phi) is 7.70. The van der Waals surface area contributed by atoms with E-state index in [9.17, 15) is 0 Å². The van der Waals surface area contributed by atoms with Gasteiger partial charge < -0.3 is 10.1 Å². The average molecular weight is 249 g/mol. The predicted octanol–water partition coefficient (Wildman–Crippen LogP) is 3.27. The summed E-state index contributed by atoms with van der Waals surface area (Å²) < 4.78 is 5.81. The molecule has 2 heteroatoms. The van der Waals surface area contributed by atoms with Gasteiger partial charge in [-0.3, -0.25) is 0 Å². The van der Waals surface area contributed by atoms with Crippen molar-refractivity contribution in [3.63, 3.8) is 0 Å². The molecule has 1 rings (SSSR count). The van der Waals surface area contributed by atoms with E-state index in [-0.39, 0.29) is 0 Å². The Labute approximate surface area is 112 Å². The van der Waals surface area contributed by atoms with Gasteiger partial charge in [0.05, 0.1) is 12.7 Å². The number of hydrogen-bond donors (Lipinski definition) is 1. The van der Waals surface area contributed by atoms with Gasteiger partial charge in [0.1, 0.15) is 0 Å². The van der Waals surface area contributed by atoms with Gasteiger partial charge in [0.2, 0.25) is 0 Å². The van der Waals surface area contributed by atoms with Crippen LogP contribution in [-0.2, 0) is 11.2 Å². The summed E-state index contributed by atoms with van der Waals surface area (Å²) in [6.45, 7) is 9.57. The van der Waals surface area contributed by atoms with Crippen LogP contribution in [0.4, 0.5) is 0 Å². The average Bonchev–Trinajstić information content (AvgIpc) is 2.36. The van der Waals surface area contributed by atoms with Crippen molar-refractivity contribution in [3.05, 3.63) is 35.9 Å². The molecule has 1 aromatic rings. The Balaban J connectivity index is 2.01. The molecule has 0 saturated heterocycles. The van der Waals surface area contributed by atoms with Gasteiger partial charge in [-0.05, 0) is 44.3 Å². The summed E-state index contributed by atoms with van der Waals surface area (Å²) in [5, 5.41) is 3.44. The first-order valence-corrected chi connectivity index (χ1v) is 7.04. The Morgan fingerprint density at radius 3 is 2.50 bits per heavy atom. The molecule has 0 aliphatic rings. The zero-order valence-electron chi connectivity index (χ0n) is 12.0. The fourth-order valence-corrected chi connectivity index (χ4v) is 1.80. The first-order chi connectivity index (χ1) is 8.68. The molecule has 1 atom stereocenters. The minimum atomic E-state index is 0.341. The maximum Gasteiger partial charge on any atom is 0.0559 e. The maximum absolute atomic E-state index is 5.81. The number of nitrogens with one attached hydrogen (secondary N) is 1. The van der Waals surface area contributed by atoms with Crippen LogP contribution in [0, 0.1) is 5.92 Å².